The molecular formula is C15H19N5O3. The number of carboxylic acid groups (broad SMARTS) is 1. The van der Waals surface area contributed by atoms with Gasteiger partial charge in [-0.05, 0) is 6.42 Å². The van der Waals surface area contributed by atoms with Crippen molar-refractivity contribution < 1.29 is 9.90 Å². The highest BCUT2D eigenvalue weighted by molar-refractivity contribution is 5.74. The van der Waals surface area contributed by atoms with Crippen LogP contribution in [0, 0.1) is 0 Å². The van der Waals surface area contributed by atoms with Crippen LogP contribution in [0.15, 0.2) is 9.79 Å². The van der Waals surface area contributed by atoms with Crippen LogP contribution in [0.1, 0.15) is 44.0 Å². The third-order valence-electron chi connectivity index (χ3n) is 4.00. The summed E-state index contributed by atoms with van der Waals surface area (Å²) in [6, 6.07) is 0. The monoisotopic (exact) mass is 317 g/mol. The van der Waals surface area contributed by atoms with Gasteiger partial charge < -0.3 is 5.11 Å². The van der Waals surface area contributed by atoms with Crippen LogP contribution in [-0.2, 0) is 24.2 Å². The molecule has 0 amide bonds. The summed E-state index contributed by atoms with van der Waals surface area (Å²) in [4.78, 5) is 27.8. The van der Waals surface area contributed by atoms with E-state index in [0.717, 1.165) is 19.3 Å². The Balaban J connectivity index is 2.10. The van der Waals surface area contributed by atoms with Crippen molar-refractivity contribution >= 4 is 23.8 Å². The van der Waals surface area contributed by atoms with Crippen LogP contribution in [-0.4, -0.2) is 36.5 Å². The molecule has 0 radical (unpaired) electrons. The average Bonchev–Trinajstić information content (AvgIpc) is 3.16. The molecule has 23 heavy (non-hydrogen) atoms. The molecule has 0 aliphatic carbocycles. The van der Waals surface area contributed by atoms with Gasteiger partial charge in [-0.25, -0.2) is 9.39 Å². The zero-order valence-corrected chi connectivity index (χ0v) is 13.0. The van der Waals surface area contributed by atoms with Crippen LogP contribution >= 0.6 is 0 Å². The topological polar surface area (TPSA) is 102 Å². The second kappa shape index (κ2) is 6.31. The highest BCUT2D eigenvalue weighted by Gasteiger charge is 2.22. The maximum absolute atomic E-state index is 12.7. The molecule has 1 N–H and O–H groups in total. The summed E-state index contributed by atoms with van der Waals surface area (Å²) in [7, 11) is 0. The lowest BCUT2D eigenvalue weighted by Crippen LogP contribution is -2.23. The van der Waals surface area contributed by atoms with Gasteiger partial charge in [0.2, 0.25) is 5.78 Å². The first-order chi connectivity index (χ1) is 11.1. The van der Waals surface area contributed by atoms with Gasteiger partial charge in [-0.2, -0.15) is 0 Å². The van der Waals surface area contributed by atoms with E-state index in [1.165, 1.54) is 4.40 Å². The molecule has 8 heteroatoms. The van der Waals surface area contributed by atoms with E-state index in [2.05, 4.69) is 22.1 Å². The van der Waals surface area contributed by atoms with Crippen LogP contribution in [0.2, 0.25) is 0 Å². The number of nitrogens with zero attached hydrogens (tertiary/aromatic N) is 5. The maximum atomic E-state index is 12.7. The molecule has 1 aliphatic rings. The molecular weight excluding hydrogens is 298 g/mol. The Hall–Kier alpha value is -2.51. The minimum Gasteiger partial charge on any atom is -0.481 e. The van der Waals surface area contributed by atoms with Gasteiger partial charge in [-0.15, -0.1) is 10.2 Å². The highest BCUT2D eigenvalue weighted by Crippen LogP contribution is 2.24. The van der Waals surface area contributed by atoms with Crippen LogP contribution in [0.25, 0.3) is 5.78 Å². The maximum Gasteiger partial charge on any atom is 0.303 e. The van der Waals surface area contributed by atoms with Gasteiger partial charge in [0.05, 0.1) is 12.0 Å². The summed E-state index contributed by atoms with van der Waals surface area (Å²) in [5.41, 5.74) is 0.440. The van der Waals surface area contributed by atoms with Crippen molar-refractivity contribution in [2.24, 2.45) is 4.99 Å². The molecule has 2 aromatic rings. The summed E-state index contributed by atoms with van der Waals surface area (Å²) in [5, 5.41) is 17.0. The largest absolute Gasteiger partial charge is 0.481 e. The van der Waals surface area contributed by atoms with E-state index in [1.807, 2.05) is 4.57 Å². The molecule has 2 aromatic heterocycles. The summed E-state index contributed by atoms with van der Waals surface area (Å²) in [6.07, 6.45) is 5.47. The quantitative estimate of drug-likeness (QED) is 0.777. The van der Waals surface area contributed by atoms with Crippen molar-refractivity contribution in [1.29, 1.82) is 0 Å². The number of aromatic nitrogens is 4. The average molecular weight is 317 g/mol. The van der Waals surface area contributed by atoms with E-state index in [-0.39, 0.29) is 18.4 Å². The fourth-order valence-corrected chi connectivity index (χ4v) is 2.83. The predicted octanol–water partition coefficient (Wildman–Crippen LogP) is 1.36. The Morgan fingerprint density at radius 3 is 2.91 bits per heavy atom. The number of aliphatic imine (C=N–C) groups is 1. The Kier molecular flexibility index (Phi) is 4.22. The zero-order valence-electron chi connectivity index (χ0n) is 13.0. The van der Waals surface area contributed by atoms with Crippen molar-refractivity contribution in [2.45, 2.75) is 52.0 Å². The third-order valence-corrected chi connectivity index (χ3v) is 4.00. The summed E-state index contributed by atoms with van der Waals surface area (Å²) >= 11 is 0. The number of carbonyl (C=O) groups is 1. The highest BCUT2D eigenvalue weighted by atomic mass is 16.4. The predicted molar refractivity (Wildman–Crippen MR) is 84.6 cm³/mol. The number of aliphatic carboxylic acids is 1. The Morgan fingerprint density at radius 2 is 2.17 bits per heavy atom. The Labute approximate surface area is 132 Å². The third kappa shape index (κ3) is 2.76. The first-order valence-electron chi connectivity index (χ1n) is 7.87. The van der Waals surface area contributed by atoms with E-state index in [0.29, 0.717) is 35.9 Å². The second-order valence-corrected chi connectivity index (χ2v) is 5.63. The molecule has 1 aliphatic heterocycles. The van der Waals surface area contributed by atoms with E-state index in [4.69, 9.17) is 5.11 Å². The van der Waals surface area contributed by atoms with Crippen LogP contribution in [0.3, 0.4) is 0 Å². The van der Waals surface area contributed by atoms with Crippen LogP contribution < -0.4 is 5.56 Å². The van der Waals surface area contributed by atoms with Gasteiger partial charge in [0, 0.05) is 25.6 Å². The lowest BCUT2D eigenvalue weighted by molar-refractivity contribution is -0.137. The summed E-state index contributed by atoms with van der Waals surface area (Å²) < 4.78 is 3.37. The van der Waals surface area contributed by atoms with Gasteiger partial charge in [-0.3, -0.25) is 14.2 Å². The molecule has 3 rings (SSSR count). The minimum atomic E-state index is -0.922. The first-order valence-corrected chi connectivity index (χ1v) is 7.87. The second-order valence-electron chi connectivity index (χ2n) is 5.63. The van der Waals surface area contributed by atoms with Gasteiger partial charge in [0.1, 0.15) is 11.6 Å². The number of aryl methyl sites for hydroxylation is 2. The van der Waals surface area contributed by atoms with E-state index in [1.54, 1.807) is 6.21 Å². The van der Waals surface area contributed by atoms with Crippen molar-refractivity contribution in [3.8, 4) is 0 Å². The Bertz CT molecular complexity index is 834. The number of carboxylic acids is 1. The minimum absolute atomic E-state index is 0.0797. The first kappa shape index (κ1) is 15.4. The van der Waals surface area contributed by atoms with Crippen LogP contribution in [0.4, 0.5) is 5.82 Å². The SMILES string of the molecule is CCCCCn1c2c(c(=O)n3c(CCC(=O)O)nnc13)CC=N2. The van der Waals surface area contributed by atoms with Gasteiger partial charge >= 0.3 is 5.97 Å². The molecule has 0 bridgehead atoms. The molecule has 0 fully saturated rings. The Morgan fingerprint density at radius 1 is 1.35 bits per heavy atom. The standard InChI is InChI=1S/C15H19N5O3/c1-2-3-4-9-19-13-10(7-8-16-13)14(23)20-11(5-6-12(21)22)17-18-15(19)20/h8H,2-7,9H2,1H3,(H,21,22). The molecule has 0 saturated heterocycles. The van der Waals surface area contributed by atoms with Crippen molar-refractivity contribution in [2.75, 3.05) is 0 Å². The molecule has 3 heterocycles. The van der Waals surface area contributed by atoms with E-state index >= 15 is 0 Å². The van der Waals surface area contributed by atoms with E-state index < -0.39 is 5.97 Å². The van der Waals surface area contributed by atoms with Gasteiger partial charge in [0.15, 0.2) is 0 Å². The molecule has 8 nitrogen and oxygen atoms in total. The molecule has 0 spiro atoms. The normalized spacial score (nSPS) is 12.9. The number of rotatable bonds is 7. The molecule has 0 atom stereocenters. The number of hydrogen-bond donors (Lipinski definition) is 1. The van der Waals surface area contributed by atoms with Crippen molar-refractivity contribution in [1.82, 2.24) is 19.2 Å². The zero-order chi connectivity index (χ0) is 16.4. The van der Waals surface area contributed by atoms with Gasteiger partial charge in [0.25, 0.3) is 5.56 Å². The number of unbranched alkanes of at least 4 members (excludes halogenated alkanes) is 2. The fraction of sp³-hybridized carbons (Fsp3) is 0.533. The lowest BCUT2D eigenvalue weighted by atomic mass is 10.2. The number of fused-ring (bicyclic) bond motifs is 2. The van der Waals surface area contributed by atoms with E-state index in [9.17, 15) is 9.59 Å². The van der Waals surface area contributed by atoms with Gasteiger partial charge in [-0.1, -0.05) is 19.8 Å². The summed E-state index contributed by atoms with van der Waals surface area (Å²) in [5.74, 6) is 0.584. The number of hydrogen-bond acceptors (Lipinski definition) is 5. The molecule has 0 unspecified atom stereocenters. The van der Waals surface area contributed by atoms with Crippen molar-refractivity contribution in [3.63, 3.8) is 0 Å². The molecule has 122 valence electrons. The summed E-state index contributed by atoms with van der Waals surface area (Å²) in [6.45, 7) is 2.85. The molecule has 0 aromatic carbocycles. The molecule has 0 saturated carbocycles. The van der Waals surface area contributed by atoms with Crippen LogP contribution in [0.5, 0.6) is 0 Å². The smallest absolute Gasteiger partial charge is 0.303 e. The van der Waals surface area contributed by atoms with Crippen molar-refractivity contribution in [3.05, 3.63) is 21.7 Å². The lowest BCUT2D eigenvalue weighted by Gasteiger charge is -2.12. The fourth-order valence-electron chi connectivity index (χ4n) is 2.83.